The Hall–Kier alpha value is -1.02. The van der Waals surface area contributed by atoms with Crippen LogP contribution in [0.15, 0.2) is 40.3 Å². The van der Waals surface area contributed by atoms with E-state index in [9.17, 15) is 8.42 Å². The van der Waals surface area contributed by atoms with Gasteiger partial charge in [-0.05, 0) is 106 Å². The number of hydrogen-bond acceptors (Lipinski definition) is 5. The zero-order chi connectivity index (χ0) is 29.2. The standard InChI is InChI=1S/C33H53NO3S2Si/c1-8-40(9-2,10-3)37-32(5,6)22-13-15-25(4)27-19-20-28-26(16-14-23-33(27,28)7)21-24-39(35,36)31-34-29-17-11-12-18-30(29)38-31/h11-12,17-18,21,25,27-28H,8-10,13-16,19-20,22-24H2,1-7H3/b26-21+/t25-,27?,28?,33-/m1/s1. The lowest BCUT2D eigenvalue weighted by Gasteiger charge is -2.44. The van der Waals surface area contributed by atoms with Gasteiger partial charge in [0, 0.05) is 0 Å². The predicted molar refractivity (Wildman–Crippen MR) is 173 cm³/mol. The first kappa shape index (κ1) is 31.9. The minimum absolute atomic E-state index is 0.0361. The smallest absolute Gasteiger partial charge is 0.210 e. The van der Waals surface area contributed by atoms with Crippen LogP contribution in [0, 0.1) is 23.2 Å². The molecule has 0 radical (unpaired) electrons. The molecule has 1 heterocycles. The van der Waals surface area contributed by atoms with Crippen LogP contribution in [0.1, 0.15) is 99.8 Å². The summed E-state index contributed by atoms with van der Waals surface area (Å²) in [6, 6.07) is 11.3. The summed E-state index contributed by atoms with van der Waals surface area (Å²) < 4.78 is 34.5. The van der Waals surface area contributed by atoms with E-state index in [1.54, 1.807) is 0 Å². The molecule has 0 bridgehead atoms. The van der Waals surface area contributed by atoms with Crippen molar-refractivity contribution in [1.82, 2.24) is 4.98 Å². The molecule has 2 aliphatic carbocycles. The number of benzene rings is 1. The van der Waals surface area contributed by atoms with Gasteiger partial charge in [0.05, 0.1) is 21.6 Å². The van der Waals surface area contributed by atoms with Crippen molar-refractivity contribution in [2.24, 2.45) is 23.2 Å². The SMILES string of the molecule is CC[Si](CC)(CC)OC(C)(C)CCC[C@@H](C)C1CCC2/C(=C/CS(=O)(=O)c3nc4ccccc4s3)CCC[C@@]21C. The van der Waals surface area contributed by atoms with Crippen molar-refractivity contribution >= 4 is 39.7 Å². The van der Waals surface area contributed by atoms with E-state index in [2.05, 4.69) is 59.5 Å². The molecule has 0 saturated heterocycles. The van der Waals surface area contributed by atoms with Crippen LogP contribution in [0.25, 0.3) is 10.2 Å². The van der Waals surface area contributed by atoms with Gasteiger partial charge in [0.15, 0.2) is 8.32 Å². The van der Waals surface area contributed by atoms with Gasteiger partial charge in [-0.15, -0.1) is 11.3 Å². The van der Waals surface area contributed by atoms with Crippen molar-refractivity contribution in [2.45, 2.75) is 128 Å². The highest BCUT2D eigenvalue weighted by Crippen LogP contribution is 2.60. The maximum atomic E-state index is 13.2. The monoisotopic (exact) mass is 603 g/mol. The maximum Gasteiger partial charge on any atom is 0.210 e. The Bertz CT molecular complexity index is 1240. The largest absolute Gasteiger partial charge is 0.412 e. The molecule has 1 aromatic heterocycles. The summed E-state index contributed by atoms with van der Waals surface area (Å²) in [6.07, 6.45) is 11.6. The van der Waals surface area contributed by atoms with E-state index < -0.39 is 18.2 Å². The number of thiazole rings is 1. The lowest BCUT2D eigenvalue weighted by atomic mass is 9.61. The first-order valence-electron chi connectivity index (χ1n) is 15.9. The fraction of sp³-hybridized carbons (Fsp3) is 0.727. The van der Waals surface area contributed by atoms with Gasteiger partial charge in [-0.25, -0.2) is 13.4 Å². The summed E-state index contributed by atoms with van der Waals surface area (Å²) in [5.74, 6) is 1.98. The van der Waals surface area contributed by atoms with Gasteiger partial charge in [-0.1, -0.05) is 71.2 Å². The summed E-state index contributed by atoms with van der Waals surface area (Å²) in [6.45, 7) is 16.6. The van der Waals surface area contributed by atoms with Gasteiger partial charge in [0.25, 0.3) is 0 Å². The summed E-state index contributed by atoms with van der Waals surface area (Å²) in [7, 11) is -5.03. The molecule has 4 nitrogen and oxygen atoms in total. The van der Waals surface area contributed by atoms with Crippen LogP contribution >= 0.6 is 11.3 Å². The number of fused-ring (bicyclic) bond motifs is 2. The van der Waals surface area contributed by atoms with Gasteiger partial charge in [0.2, 0.25) is 14.2 Å². The third kappa shape index (κ3) is 6.79. The molecule has 0 N–H and O–H groups in total. The third-order valence-corrected chi connectivity index (χ3v) is 18.6. The third-order valence-electron chi connectivity index (χ3n) is 10.7. The van der Waals surface area contributed by atoms with Crippen molar-refractivity contribution in [2.75, 3.05) is 5.75 Å². The second-order valence-electron chi connectivity index (χ2n) is 13.6. The average Bonchev–Trinajstić information content (AvgIpc) is 3.52. The van der Waals surface area contributed by atoms with Crippen LogP contribution < -0.4 is 0 Å². The molecule has 2 fully saturated rings. The minimum Gasteiger partial charge on any atom is -0.412 e. The average molecular weight is 604 g/mol. The number of allylic oxidation sites excluding steroid dienone is 1. The van der Waals surface area contributed by atoms with Crippen molar-refractivity contribution < 1.29 is 12.8 Å². The molecule has 224 valence electrons. The topological polar surface area (TPSA) is 56.3 Å². The van der Waals surface area contributed by atoms with E-state index in [0.29, 0.717) is 17.8 Å². The fourth-order valence-corrected chi connectivity index (χ4v) is 13.9. The minimum atomic E-state index is -3.42. The molecule has 2 aromatic rings. The molecule has 2 aliphatic rings. The van der Waals surface area contributed by atoms with Crippen LogP contribution in [-0.4, -0.2) is 33.1 Å². The van der Waals surface area contributed by atoms with Crippen molar-refractivity contribution in [3.8, 4) is 0 Å². The summed E-state index contributed by atoms with van der Waals surface area (Å²) in [5.41, 5.74) is 2.41. The van der Waals surface area contributed by atoms with Crippen LogP contribution in [0.2, 0.25) is 18.1 Å². The molecule has 0 amide bonds. The Morgan fingerprint density at radius 3 is 2.55 bits per heavy atom. The zero-order valence-corrected chi connectivity index (χ0v) is 28.7. The van der Waals surface area contributed by atoms with Crippen LogP contribution in [0.5, 0.6) is 0 Å². The molecule has 0 aliphatic heterocycles. The second kappa shape index (κ2) is 12.7. The van der Waals surface area contributed by atoms with Crippen LogP contribution in [-0.2, 0) is 14.3 Å². The Balaban J connectivity index is 1.38. The van der Waals surface area contributed by atoms with Crippen molar-refractivity contribution in [3.05, 3.63) is 35.9 Å². The number of aromatic nitrogens is 1. The van der Waals surface area contributed by atoms with Gasteiger partial charge >= 0.3 is 0 Å². The van der Waals surface area contributed by atoms with Crippen molar-refractivity contribution in [3.63, 3.8) is 0 Å². The summed E-state index contributed by atoms with van der Waals surface area (Å²) in [5, 5.41) is 0. The Labute approximate surface area is 249 Å². The van der Waals surface area contributed by atoms with E-state index in [-0.39, 0.29) is 21.1 Å². The van der Waals surface area contributed by atoms with Gasteiger partial charge in [-0.2, -0.15) is 0 Å². The maximum absolute atomic E-state index is 13.2. The zero-order valence-electron chi connectivity index (χ0n) is 26.1. The van der Waals surface area contributed by atoms with Crippen LogP contribution in [0.4, 0.5) is 0 Å². The second-order valence-corrected chi connectivity index (χ2v) is 21.5. The molecule has 0 spiro atoms. The molecule has 1 aromatic carbocycles. The highest BCUT2D eigenvalue weighted by atomic mass is 32.2. The normalized spacial score (nSPS) is 25.9. The number of nitrogens with zero attached hydrogens (tertiary/aromatic N) is 1. The van der Waals surface area contributed by atoms with Crippen molar-refractivity contribution in [1.29, 1.82) is 0 Å². The van der Waals surface area contributed by atoms with Gasteiger partial charge in [-0.3, -0.25) is 0 Å². The highest BCUT2D eigenvalue weighted by Gasteiger charge is 2.50. The van der Waals surface area contributed by atoms with E-state index in [1.165, 1.54) is 73.6 Å². The predicted octanol–water partition coefficient (Wildman–Crippen LogP) is 9.82. The van der Waals surface area contributed by atoms with E-state index in [4.69, 9.17) is 4.43 Å². The highest BCUT2D eigenvalue weighted by molar-refractivity contribution is 7.93. The molecular formula is C33H53NO3S2Si. The van der Waals surface area contributed by atoms with Crippen LogP contribution in [0.3, 0.4) is 0 Å². The first-order chi connectivity index (χ1) is 18.9. The number of para-hydroxylation sites is 1. The van der Waals surface area contributed by atoms with Gasteiger partial charge < -0.3 is 4.43 Å². The first-order valence-corrected chi connectivity index (χ1v) is 20.9. The fourth-order valence-electron chi connectivity index (χ4n) is 8.19. The quantitative estimate of drug-likeness (QED) is 0.169. The van der Waals surface area contributed by atoms with Gasteiger partial charge in [0.1, 0.15) is 0 Å². The van der Waals surface area contributed by atoms with E-state index >= 15 is 0 Å². The molecular weight excluding hydrogens is 551 g/mol. The lowest BCUT2D eigenvalue weighted by Crippen LogP contribution is -2.44. The van der Waals surface area contributed by atoms with E-state index in [1.807, 2.05) is 24.3 Å². The number of rotatable bonds is 13. The molecule has 7 heteroatoms. The molecule has 4 rings (SSSR count). The number of sulfone groups is 1. The Morgan fingerprint density at radius 1 is 1.18 bits per heavy atom. The molecule has 2 unspecified atom stereocenters. The summed E-state index contributed by atoms with van der Waals surface area (Å²) in [4.78, 5) is 4.44. The number of hydrogen-bond donors (Lipinski definition) is 0. The Morgan fingerprint density at radius 2 is 1.88 bits per heavy atom. The molecule has 2 saturated carbocycles. The van der Waals surface area contributed by atoms with E-state index in [0.717, 1.165) is 23.1 Å². The molecule has 40 heavy (non-hydrogen) atoms. The molecule has 4 atom stereocenters. The summed E-state index contributed by atoms with van der Waals surface area (Å²) >= 11 is 1.29. The lowest BCUT2D eigenvalue weighted by molar-refractivity contribution is 0.0704. The Kier molecular flexibility index (Phi) is 10.1.